The first-order valence-corrected chi connectivity index (χ1v) is 23.6. The number of carbonyl (C=O) groups excluding carboxylic acids is 1. The lowest BCUT2D eigenvalue weighted by Crippen LogP contribution is -2.42. The van der Waals surface area contributed by atoms with Crippen molar-refractivity contribution in [2.24, 2.45) is 5.92 Å². The highest BCUT2D eigenvalue weighted by Crippen LogP contribution is 2.62. The zero-order chi connectivity index (χ0) is 49.2. The van der Waals surface area contributed by atoms with Crippen molar-refractivity contribution >= 4 is 31.4 Å². The molecule has 1 N–H and O–H groups in total. The van der Waals surface area contributed by atoms with Crippen LogP contribution >= 0.6 is 8.53 Å². The number of nitrogens with one attached hydrogen (secondary N) is 1. The Hall–Kier alpha value is -5.57. The summed E-state index contributed by atoms with van der Waals surface area (Å²) in [6.45, 7) is 0.833. The molecule has 70 heavy (non-hydrogen) atoms. The van der Waals surface area contributed by atoms with E-state index in [1.807, 2.05) is 116 Å². The normalized spacial score (nSPS) is 23.7. The third-order valence-electron chi connectivity index (χ3n) is 12.6. The van der Waals surface area contributed by atoms with Gasteiger partial charge in [-0.1, -0.05) is 103 Å². The minimum atomic E-state index is -5.65. The van der Waals surface area contributed by atoms with Crippen LogP contribution in [0.15, 0.2) is 122 Å². The van der Waals surface area contributed by atoms with E-state index in [0.717, 1.165) is 40.7 Å². The first kappa shape index (κ1) is 49.4. The fourth-order valence-corrected chi connectivity index (χ4v) is 11.2. The Kier molecular flexibility index (Phi) is 14.6. The predicted molar refractivity (Wildman–Crippen MR) is 243 cm³/mol. The topological polar surface area (TPSA) is 141 Å². The molecule has 5 heterocycles. The van der Waals surface area contributed by atoms with Gasteiger partial charge in [0.2, 0.25) is 5.91 Å². The molecule has 21 heteroatoms. The maximum atomic E-state index is 13.7. The van der Waals surface area contributed by atoms with Gasteiger partial charge in [0.05, 0.1) is 26.7 Å². The number of nitrogens with zero attached hydrogens (tertiary/aromatic N) is 5. The van der Waals surface area contributed by atoms with Crippen molar-refractivity contribution in [2.45, 2.75) is 81.3 Å². The summed E-state index contributed by atoms with van der Waals surface area (Å²) in [4.78, 5) is 25.3. The van der Waals surface area contributed by atoms with Gasteiger partial charge in [-0.25, -0.2) is 19.6 Å². The van der Waals surface area contributed by atoms with E-state index in [0.29, 0.717) is 12.3 Å². The summed E-state index contributed by atoms with van der Waals surface area (Å²) in [6.07, 6.45) is -12.4. The van der Waals surface area contributed by atoms with Gasteiger partial charge in [0.15, 0.2) is 29.1 Å². The molecule has 3 saturated heterocycles. The summed E-state index contributed by atoms with van der Waals surface area (Å²) in [5.41, 5.74) is 3.13. The molecule has 0 spiro atoms. The molecule has 3 aliphatic rings. The Balaban J connectivity index is 1.14. The molecule has 9 rings (SSSR count). The summed E-state index contributed by atoms with van der Waals surface area (Å²) in [5.74, 6) is -3.54. The summed E-state index contributed by atoms with van der Waals surface area (Å²) in [5, 5.41) is 2.62. The van der Waals surface area contributed by atoms with Crippen LogP contribution in [0.4, 0.5) is 32.2 Å². The molecule has 8 atom stereocenters. The van der Waals surface area contributed by atoms with E-state index in [2.05, 4.69) is 24.9 Å². The zero-order valence-corrected chi connectivity index (χ0v) is 38.9. The second kappa shape index (κ2) is 20.6. The third kappa shape index (κ3) is 10.1. The maximum Gasteiger partial charge on any atom is 0.402 e. The fraction of sp³-hybridized carbons (Fsp3) is 0.388. The molecule has 0 radical (unpaired) electrons. The minimum Gasteiger partial charge on any atom is -0.497 e. The number of ether oxygens (including phenoxy) is 5. The van der Waals surface area contributed by atoms with E-state index >= 15 is 0 Å². The number of aryl methyl sites for hydroxylation is 1. The molecule has 2 unspecified atom stereocenters. The average molecular weight is 995 g/mol. The Labute approximate surface area is 400 Å². The number of aromatic nitrogens is 4. The van der Waals surface area contributed by atoms with Crippen molar-refractivity contribution in [1.82, 2.24) is 24.2 Å². The van der Waals surface area contributed by atoms with Crippen molar-refractivity contribution in [2.75, 3.05) is 39.0 Å². The van der Waals surface area contributed by atoms with Gasteiger partial charge in [0, 0.05) is 19.5 Å². The number of hydrogen-bond donors (Lipinski definition) is 1. The number of amides is 1. The molecule has 0 aliphatic carbocycles. The molecule has 3 fully saturated rings. The molecule has 14 nitrogen and oxygen atoms in total. The van der Waals surface area contributed by atoms with Crippen LogP contribution in [0.2, 0.25) is 0 Å². The lowest BCUT2D eigenvalue weighted by molar-refractivity contribution is -0.299. The number of benzene rings is 4. The average Bonchev–Trinajstić information content (AvgIpc) is 4.14. The molecule has 370 valence electrons. The Morgan fingerprint density at radius 2 is 1.51 bits per heavy atom. The van der Waals surface area contributed by atoms with E-state index in [1.165, 1.54) is 24.1 Å². The standard InChI is InChI=1S/C49H49F6N6O8P/c1-30-16-18-34(19-17-30)47(33-13-8-5-9-14-33,35-20-22-36(63-3)23-21-35)66-25-38-42(69-70-61-24-10-15-37(61)41(68-70)32-11-6-4-7-12-32)43(65-29-64-26-39(48(50,51)52)49(53,54)55)46(67-38)60-28-58-40-44(59-31(2)62)56-27-57-45(40)60/h4-9,11-14,16-23,27-28,37-39,41-43,46H,10,15,24-26,29H2,1-3H3,(H,56,57,59,62)/t37-,38+,41+,42?,43-,46+,47?,70-/m0/s1. The number of halogens is 6. The molecule has 6 aromatic rings. The fourth-order valence-electron chi connectivity index (χ4n) is 9.21. The number of methoxy groups -OCH3 is 1. The van der Waals surface area contributed by atoms with Crippen molar-refractivity contribution in [3.63, 3.8) is 0 Å². The van der Waals surface area contributed by atoms with Crippen molar-refractivity contribution in [1.29, 1.82) is 0 Å². The lowest BCUT2D eigenvalue weighted by atomic mass is 9.79. The van der Waals surface area contributed by atoms with Crippen LogP contribution < -0.4 is 10.1 Å². The molecule has 0 bridgehead atoms. The molecular weight excluding hydrogens is 946 g/mol. The van der Waals surface area contributed by atoms with Gasteiger partial charge in [-0.15, -0.1) is 0 Å². The van der Waals surface area contributed by atoms with E-state index in [4.69, 9.17) is 32.7 Å². The largest absolute Gasteiger partial charge is 0.497 e. The predicted octanol–water partition coefficient (Wildman–Crippen LogP) is 9.96. The van der Waals surface area contributed by atoms with Crippen LogP contribution in [0.5, 0.6) is 5.75 Å². The highest BCUT2D eigenvalue weighted by atomic mass is 31.2. The molecule has 0 saturated carbocycles. The van der Waals surface area contributed by atoms with Crippen LogP contribution in [0.3, 0.4) is 0 Å². The molecule has 1 amide bonds. The summed E-state index contributed by atoms with van der Waals surface area (Å²) < 4.78 is 131. The van der Waals surface area contributed by atoms with Crippen molar-refractivity contribution < 1.29 is 63.9 Å². The van der Waals surface area contributed by atoms with Crippen LogP contribution in [-0.4, -0.2) is 100 Å². The molecule has 4 aromatic carbocycles. The van der Waals surface area contributed by atoms with Crippen molar-refractivity contribution in [3.05, 3.63) is 150 Å². The highest BCUT2D eigenvalue weighted by Gasteiger charge is 2.58. The van der Waals surface area contributed by atoms with Gasteiger partial charge in [-0.05, 0) is 54.2 Å². The number of hydrogen-bond acceptors (Lipinski definition) is 12. The first-order valence-electron chi connectivity index (χ1n) is 22.5. The summed E-state index contributed by atoms with van der Waals surface area (Å²) >= 11 is 0. The number of alkyl halides is 6. The lowest BCUT2D eigenvalue weighted by Gasteiger charge is -2.37. The Morgan fingerprint density at radius 1 is 0.857 bits per heavy atom. The smallest absolute Gasteiger partial charge is 0.402 e. The molecular formula is C49H49F6N6O8P. The zero-order valence-electron chi connectivity index (χ0n) is 38.0. The number of imidazole rings is 1. The molecule has 3 aliphatic heterocycles. The van der Waals surface area contributed by atoms with Gasteiger partial charge < -0.3 is 38.0 Å². The van der Waals surface area contributed by atoms with Crippen LogP contribution in [0.25, 0.3) is 11.2 Å². The quantitative estimate of drug-likeness (QED) is 0.0306. The van der Waals surface area contributed by atoms with Crippen LogP contribution in [0, 0.1) is 12.8 Å². The Bertz CT molecular complexity index is 2690. The van der Waals surface area contributed by atoms with Gasteiger partial charge in [-0.3, -0.25) is 9.36 Å². The van der Waals surface area contributed by atoms with Crippen LogP contribution in [-0.2, 0) is 38.4 Å². The molecule has 2 aromatic heterocycles. The van der Waals surface area contributed by atoms with Gasteiger partial charge in [0.1, 0.15) is 48.9 Å². The van der Waals surface area contributed by atoms with Crippen molar-refractivity contribution in [3.8, 4) is 5.75 Å². The van der Waals surface area contributed by atoms with Gasteiger partial charge >= 0.3 is 12.4 Å². The second-order valence-electron chi connectivity index (χ2n) is 17.1. The van der Waals surface area contributed by atoms with E-state index in [9.17, 15) is 31.1 Å². The summed E-state index contributed by atoms with van der Waals surface area (Å²) in [6, 6.07) is 34.5. The van der Waals surface area contributed by atoms with Gasteiger partial charge in [-0.2, -0.15) is 26.3 Å². The number of rotatable bonds is 17. The van der Waals surface area contributed by atoms with E-state index < -0.39 is 76.2 Å². The number of anilines is 1. The Morgan fingerprint density at radius 3 is 2.17 bits per heavy atom. The minimum absolute atomic E-state index is 0.0606. The van der Waals surface area contributed by atoms with Gasteiger partial charge in [0.25, 0.3) is 8.53 Å². The first-order chi connectivity index (χ1) is 33.7. The number of carbonyl (C=O) groups is 1. The van der Waals surface area contributed by atoms with Crippen LogP contribution in [0.1, 0.15) is 59.9 Å². The van der Waals surface area contributed by atoms with E-state index in [1.54, 1.807) is 7.11 Å². The summed E-state index contributed by atoms with van der Waals surface area (Å²) in [7, 11) is -0.345. The highest BCUT2D eigenvalue weighted by molar-refractivity contribution is 7.45. The SMILES string of the molecule is COc1ccc(C(OC[C@H]2O[C@@H](n3cnc4c(NC(C)=O)ncnc43)[C@@H](OCOCC(C(F)(F)F)C(F)(F)F)C2O[P@]2O[C@H](c3ccccc3)[C@@H]3CCCN32)(c2ccccc2)c2ccc(C)cc2)cc1. The number of fused-ring (bicyclic) bond motifs is 2. The second-order valence-corrected chi connectivity index (χ2v) is 18.5. The van der Waals surface area contributed by atoms with E-state index in [-0.39, 0.29) is 35.7 Å². The third-order valence-corrected chi connectivity index (χ3v) is 14.4. The monoisotopic (exact) mass is 994 g/mol. The maximum absolute atomic E-state index is 13.7.